The number of carbonyl (C=O) groups excluding carboxylic acids is 1. The molecule has 1 N–H and O–H groups in total. The molecule has 1 aliphatic heterocycles. The number of piperidine rings is 1. The molecule has 1 saturated heterocycles. The highest BCUT2D eigenvalue weighted by molar-refractivity contribution is 6.32. The van der Waals surface area contributed by atoms with E-state index in [0.29, 0.717) is 29.4 Å². The maximum Gasteiger partial charge on any atom is 0.303 e. The monoisotopic (exact) mass is 311 g/mol. The normalized spacial score (nSPS) is 15.8. The van der Waals surface area contributed by atoms with Crippen LogP contribution in [0.1, 0.15) is 29.6 Å². The summed E-state index contributed by atoms with van der Waals surface area (Å²) in [6.45, 7) is 1.17. The van der Waals surface area contributed by atoms with Gasteiger partial charge in [0.25, 0.3) is 5.91 Å². The molecule has 1 aliphatic rings. The average molecular weight is 312 g/mol. The molecule has 2 rings (SSSR count). The largest absolute Gasteiger partial charge is 0.495 e. The summed E-state index contributed by atoms with van der Waals surface area (Å²) in [5.74, 6) is -0.212. The smallest absolute Gasteiger partial charge is 0.303 e. The van der Waals surface area contributed by atoms with Gasteiger partial charge in [-0.1, -0.05) is 11.6 Å². The first-order valence-corrected chi connectivity index (χ1v) is 7.23. The Labute approximate surface area is 128 Å². The van der Waals surface area contributed by atoms with E-state index in [1.165, 1.54) is 7.11 Å². The van der Waals surface area contributed by atoms with Crippen LogP contribution in [-0.2, 0) is 4.79 Å². The molecule has 0 aliphatic carbocycles. The standard InChI is InChI=1S/C15H18ClNO4/c1-21-13-9-11(2-3-12(13)16)15(20)17-6-4-10(5-7-17)8-14(18)19/h2-3,9-10H,4-8H2,1H3,(H,18,19). The van der Waals surface area contributed by atoms with Crippen molar-refractivity contribution in [3.8, 4) is 5.75 Å². The van der Waals surface area contributed by atoms with Crippen molar-refractivity contribution in [1.29, 1.82) is 0 Å². The van der Waals surface area contributed by atoms with Crippen LogP contribution >= 0.6 is 11.6 Å². The molecule has 0 bridgehead atoms. The van der Waals surface area contributed by atoms with Crippen molar-refractivity contribution in [2.24, 2.45) is 5.92 Å². The summed E-state index contributed by atoms with van der Waals surface area (Å²) in [7, 11) is 1.51. The van der Waals surface area contributed by atoms with Crippen LogP contribution in [-0.4, -0.2) is 42.1 Å². The number of rotatable bonds is 4. The van der Waals surface area contributed by atoms with Crippen LogP contribution in [0.5, 0.6) is 5.75 Å². The fourth-order valence-electron chi connectivity index (χ4n) is 2.56. The summed E-state index contributed by atoms with van der Waals surface area (Å²) >= 11 is 5.95. The molecule has 1 aromatic rings. The molecule has 5 nitrogen and oxygen atoms in total. The molecule has 6 heteroatoms. The minimum Gasteiger partial charge on any atom is -0.495 e. The van der Waals surface area contributed by atoms with Gasteiger partial charge in [0.2, 0.25) is 0 Å². The molecule has 0 unspecified atom stereocenters. The Morgan fingerprint density at radius 2 is 2.05 bits per heavy atom. The third-order valence-electron chi connectivity index (χ3n) is 3.76. The summed E-state index contributed by atoms with van der Waals surface area (Å²) in [6.07, 6.45) is 1.63. The highest BCUT2D eigenvalue weighted by atomic mass is 35.5. The quantitative estimate of drug-likeness (QED) is 0.928. The number of hydrogen-bond donors (Lipinski definition) is 1. The van der Waals surface area contributed by atoms with Crippen molar-refractivity contribution in [3.63, 3.8) is 0 Å². The maximum atomic E-state index is 12.4. The van der Waals surface area contributed by atoms with Crippen molar-refractivity contribution >= 4 is 23.5 Å². The summed E-state index contributed by atoms with van der Waals surface area (Å²) in [5, 5.41) is 9.26. The molecule has 1 heterocycles. The van der Waals surface area contributed by atoms with E-state index < -0.39 is 5.97 Å². The Kier molecular flexibility index (Phi) is 5.07. The van der Waals surface area contributed by atoms with Gasteiger partial charge < -0.3 is 14.7 Å². The van der Waals surface area contributed by atoms with Crippen LogP contribution < -0.4 is 4.74 Å². The Hall–Kier alpha value is -1.75. The van der Waals surface area contributed by atoms with Gasteiger partial charge in [-0.2, -0.15) is 0 Å². The van der Waals surface area contributed by atoms with Gasteiger partial charge in [0.15, 0.2) is 0 Å². The maximum absolute atomic E-state index is 12.4. The van der Waals surface area contributed by atoms with Gasteiger partial charge in [-0.25, -0.2) is 0 Å². The lowest BCUT2D eigenvalue weighted by molar-refractivity contribution is -0.138. The van der Waals surface area contributed by atoms with Crippen LogP contribution in [0, 0.1) is 5.92 Å². The second kappa shape index (κ2) is 6.80. The van der Waals surface area contributed by atoms with E-state index in [2.05, 4.69) is 0 Å². The number of hydrogen-bond acceptors (Lipinski definition) is 3. The summed E-state index contributed by atoms with van der Waals surface area (Å²) in [4.78, 5) is 24.9. The number of amides is 1. The number of nitrogens with zero attached hydrogens (tertiary/aromatic N) is 1. The Bertz CT molecular complexity index is 538. The first-order valence-electron chi connectivity index (χ1n) is 6.86. The first-order chi connectivity index (χ1) is 10.0. The number of benzene rings is 1. The number of carboxylic acids is 1. The van der Waals surface area contributed by atoms with Crippen molar-refractivity contribution in [2.45, 2.75) is 19.3 Å². The Morgan fingerprint density at radius 3 is 2.62 bits per heavy atom. The first kappa shape index (κ1) is 15.6. The van der Waals surface area contributed by atoms with Gasteiger partial charge in [-0.3, -0.25) is 9.59 Å². The van der Waals surface area contributed by atoms with Gasteiger partial charge >= 0.3 is 5.97 Å². The van der Waals surface area contributed by atoms with E-state index in [1.807, 2.05) is 0 Å². The Morgan fingerprint density at radius 1 is 1.38 bits per heavy atom. The molecule has 0 spiro atoms. The lowest BCUT2D eigenvalue weighted by Crippen LogP contribution is -2.38. The number of methoxy groups -OCH3 is 1. The molecule has 114 valence electrons. The van der Waals surface area contributed by atoms with E-state index in [1.54, 1.807) is 23.1 Å². The SMILES string of the molecule is COc1cc(C(=O)N2CCC(CC(=O)O)CC2)ccc1Cl. The van der Waals surface area contributed by atoms with Crippen LogP contribution in [0.3, 0.4) is 0 Å². The lowest BCUT2D eigenvalue weighted by atomic mass is 9.93. The number of carboxylic acid groups (broad SMARTS) is 1. The van der Waals surface area contributed by atoms with Crippen LogP contribution in [0.2, 0.25) is 5.02 Å². The topological polar surface area (TPSA) is 66.8 Å². The minimum absolute atomic E-state index is 0.0706. The average Bonchev–Trinajstić information content (AvgIpc) is 2.47. The zero-order chi connectivity index (χ0) is 15.4. The molecule has 1 fully saturated rings. The number of ether oxygens (including phenoxy) is 1. The molecule has 0 atom stereocenters. The third kappa shape index (κ3) is 3.88. The van der Waals surface area contributed by atoms with Crippen LogP contribution in [0.4, 0.5) is 0 Å². The Balaban J connectivity index is 2.00. The van der Waals surface area contributed by atoms with E-state index in [4.69, 9.17) is 21.4 Å². The molecule has 1 aromatic carbocycles. The highest BCUT2D eigenvalue weighted by Crippen LogP contribution is 2.27. The van der Waals surface area contributed by atoms with Gasteiger partial charge in [0, 0.05) is 25.1 Å². The van der Waals surface area contributed by atoms with Crippen molar-refractivity contribution < 1.29 is 19.4 Å². The molecular weight excluding hydrogens is 294 g/mol. The lowest BCUT2D eigenvalue weighted by Gasteiger charge is -2.31. The fraction of sp³-hybridized carbons (Fsp3) is 0.467. The number of carbonyl (C=O) groups is 2. The van der Waals surface area contributed by atoms with Crippen molar-refractivity contribution in [3.05, 3.63) is 28.8 Å². The molecule has 21 heavy (non-hydrogen) atoms. The molecule has 1 amide bonds. The third-order valence-corrected chi connectivity index (χ3v) is 4.08. The highest BCUT2D eigenvalue weighted by Gasteiger charge is 2.25. The van der Waals surface area contributed by atoms with Crippen LogP contribution in [0.15, 0.2) is 18.2 Å². The zero-order valence-electron chi connectivity index (χ0n) is 11.8. The van der Waals surface area contributed by atoms with E-state index in [-0.39, 0.29) is 18.2 Å². The minimum atomic E-state index is -0.776. The second-order valence-corrected chi connectivity index (χ2v) is 5.59. The fourth-order valence-corrected chi connectivity index (χ4v) is 2.76. The predicted molar refractivity (Wildman–Crippen MR) is 78.9 cm³/mol. The summed E-state index contributed by atoms with van der Waals surface area (Å²) < 4.78 is 5.12. The summed E-state index contributed by atoms with van der Waals surface area (Å²) in [5.41, 5.74) is 0.535. The van der Waals surface area contributed by atoms with E-state index in [9.17, 15) is 9.59 Å². The molecule has 0 aromatic heterocycles. The van der Waals surface area contributed by atoms with Gasteiger partial charge in [0.1, 0.15) is 5.75 Å². The number of aliphatic carboxylic acids is 1. The van der Waals surface area contributed by atoms with Crippen LogP contribution in [0.25, 0.3) is 0 Å². The van der Waals surface area contributed by atoms with Gasteiger partial charge in [-0.15, -0.1) is 0 Å². The zero-order valence-corrected chi connectivity index (χ0v) is 12.6. The summed E-state index contributed by atoms with van der Waals surface area (Å²) in [6, 6.07) is 4.95. The molecule has 0 radical (unpaired) electrons. The predicted octanol–water partition coefficient (Wildman–Crippen LogP) is 2.68. The van der Waals surface area contributed by atoms with E-state index in [0.717, 1.165) is 12.8 Å². The van der Waals surface area contributed by atoms with E-state index >= 15 is 0 Å². The molecule has 0 saturated carbocycles. The van der Waals surface area contributed by atoms with Crippen molar-refractivity contribution in [1.82, 2.24) is 4.90 Å². The second-order valence-electron chi connectivity index (χ2n) is 5.18. The number of halogens is 1. The van der Waals surface area contributed by atoms with Crippen molar-refractivity contribution in [2.75, 3.05) is 20.2 Å². The molecular formula is C15H18ClNO4. The number of likely N-dealkylation sites (tertiary alicyclic amines) is 1. The van der Waals surface area contributed by atoms with Gasteiger partial charge in [-0.05, 0) is 37.0 Å². The van der Waals surface area contributed by atoms with Gasteiger partial charge in [0.05, 0.1) is 12.1 Å².